The summed E-state index contributed by atoms with van der Waals surface area (Å²) in [6.07, 6.45) is -4.09. The summed E-state index contributed by atoms with van der Waals surface area (Å²) in [4.78, 5) is 0. The molecule has 1 rings (SSSR count). The highest BCUT2D eigenvalue weighted by molar-refractivity contribution is 9.10. The van der Waals surface area contributed by atoms with Gasteiger partial charge in [-0.25, -0.2) is 13.2 Å². The van der Waals surface area contributed by atoms with Gasteiger partial charge in [-0.1, -0.05) is 22.9 Å². The number of halogens is 4. The molecule has 0 heterocycles. The van der Waals surface area contributed by atoms with E-state index in [0.29, 0.717) is 4.47 Å². The Morgan fingerprint density at radius 1 is 1.32 bits per heavy atom. The standard InChI is InChI=1S/C13H17BrF3NO/c1-6-4-9(14)5-10(11(6)15)13(18,12(16)17)7(2)8(3)19/h4-5,7-8,12,19H,18H2,1-3H3/t7-,8?,13-/m1/s1. The predicted molar refractivity (Wildman–Crippen MR) is 71.6 cm³/mol. The molecule has 19 heavy (non-hydrogen) atoms. The van der Waals surface area contributed by atoms with Crippen LogP contribution in [0.2, 0.25) is 0 Å². The molecule has 0 aliphatic rings. The molecule has 0 aliphatic heterocycles. The smallest absolute Gasteiger partial charge is 0.260 e. The van der Waals surface area contributed by atoms with Gasteiger partial charge in [-0.05, 0) is 31.5 Å². The third-order valence-corrected chi connectivity index (χ3v) is 3.98. The summed E-state index contributed by atoms with van der Waals surface area (Å²) in [6, 6.07) is 2.73. The van der Waals surface area contributed by atoms with Crippen LogP contribution in [0.15, 0.2) is 16.6 Å². The lowest BCUT2D eigenvalue weighted by Gasteiger charge is -2.37. The first-order chi connectivity index (χ1) is 8.62. The summed E-state index contributed by atoms with van der Waals surface area (Å²) in [5.41, 5.74) is 3.46. The van der Waals surface area contributed by atoms with Gasteiger partial charge in [0.15, 0.2) is 0 Å². The van der Waals surface area contributed by atoms with E-state index in [2.05, 4.69) is 15.9 Å². The third-order valence-electron chi connectivity index (χ3n) is 3.52. The topological polar surface area (TPSA) is 46.2 Å². The van der Waals surface area contributed by atoms with Gasteiger partial charge in [0.2, 0.25) is 0 Å². The summed E-state index contributed by atoms with van der Waals surface area (Å²) < 4.78 is 41.4. The Morgan fingerprint density at radius 2 is 1.84 bits per heavy atom. The molecule has 0 saturated carbocycles. The number of aryl methyl sites for hydroxylation is 1. The zero-order valence-corrected chi connectivity index (χ0v) is 12.5. The Kier molecular flexibility index (Phi) is 5.03. The fraction of sp³-hybridized carbons (Fsp3) is 0.538. The second-order valence-electron chi connectivity index (χ2n) is 4.85. The van der Waals surface area contributed by atoms with Gasteiger partial charge in [0.05, 0.1) is 6.10 Å². The Labute approximate surface area is 118 Å². The van der Waals surface area contributed by atoms with Crippen molar-refractivity contribution in [2.75, 3.05) is 0 Å². The van der Waals surface area contributed by atoms with E-state index in [0.717, 1.165) is 0 Å². The first-order valence-electron chi connectivity index (χ1n) is 5.83. The average Bonchev–Trinajstić information content (AvgIpc) is 2.31. The molecule has 0 aromatic heterocycles. The van der Waals surface area contributed by atoms with Crippen LogP contribution in [0.5, 0.6) is 0 Å². The quantitative estimate of drug-likeness (QED) is 0.883. The summed E-state index contributed by atoms with van der Waals surface area (Å²) in [5, 5.41) is 9.55. The molecule has 108 valence electrons. The van der Waals surface area contributed by atoms with Gasteiger partial charge >= 0.3 is 0 Å². The minimum atomic E-state index is -3.00. The van der Waals surface area contributed by atoms with Crippen LogP contribution >= 0.6 is 15.9 Å². The molecule has 1 aromatic carbocycles. The lowest BCUT2D eigenvalue weighted by atomic mass is 9.77. The number of aliphatic hydroxyl groups excluding tert-OH is 1. The fourth-order valence-corrected chi connectivity index (χ4v) is 2.57. The van der Waals surface area contributed by atoms with Crippen molar-refractivity contribution in [3.05, 3.63) is 33.5 Å². The zero-order chi connectivity index (χ0) is 15.0. The molecule has 6 heteroatoms. The molecule has 3 atom stereocenters. The van der Waals surface area contributed by atoms with Crippen LogP contribution in [0.1, 0.15) is 25.0 Å². The molecule has 0 fully saturated rings. The van der Waals surface area contributed by atoms with Crippen molar-refractivity contribution in [3.8, 4) is 0 Å². The molecular formula is C13H17BrF3NO. The van der Waals surface area contributed by atoms with E-state index in [-0.39, 0.29) is 11.1 Å². The van der Waals surface area contributed by atoms with Gasteiger partial charge in [0, 0.05) is 16.0 Å². The van der Waals surface area contributed by atoms with Crippen molar-refractivity contribution >= 4 is 15.9 Å². The van der Waals surface area contributed by atoms with E-state index in [9.17, 15) is 18.3 Å². The lowest BCUT2D eigenvalue weighted by molar-refractivity contribution is -0.0239. The molecule has 1 aromatic rings. The Bertz CT molecular complexity index is 467. The summed E-state index contributed by atoms with van der Waals surface area (Å²) in [7, 11) is 0. The van der Waals surface area contributed by atoms with E-state index in [1.165, 1.54) is 32.9 Å². The molecule has 0 amide bonds. The van der Waals surface area contributed by atoms with E-state index >= 15 is 0 Å². The first-order valence-corrected chi connectivity index (χ1v) is 6.62. The van der Waals surface area contributed by atoms with Crippen molar-refractivity contribution in [1.29, 1.82) is 0 Å². The predicted octanol–water partition coefficient (Wildman–Crippen LogP) is 3.33. The molecule has 2 nitrogen and oxygen atoms in total. The summed E-state index contributed by atoms with van der Waals surface area (Å²) in [6.45, 7) is 4.21. The molecule has 0 bridgehead atoms. The average molecular weight is 340 g/mol. The van der Waals surface area contributed by atoms with E-state index < -0.39 is 29.8 Å². The van der Waals surface area contributed by atoms with E-state index in [1.807, 2.05) is 0 Å². The van der Waals surface area contributed by atoms with Gasteiger partial charge in [-0.2, -0.15) is 0 Å². The molecule has 0 spiro atoms. The monoisotopic (exact) mass is 339 g/mol. The van der Waals surface area contributed by atoms with E-state index in [1.54, 1.807) is 0 Å². The number of rotatable bonds is 4. The van der Waals surface area contributed by atoms with Crippen molar-refractivity contribution in [2.45, 2.75) is 38.8 Å². The minimum absolute atomic E-state index is 0.220. The van der Waals surface area contributed by atoms with Gasteiger partial charge < -0.3 is 10.8 Å². The summed E-state index contributed by atoms with van der Waals surface area (Å²) in [5.74, 6) is -1.77. The molecule has 0 aliphatic carbocycles. The van der Waals surface area contributed by atoms with E-state index in [4.69, 9.17) is 5.73 Å². The molecular weight excluding hydrogens is 323 g/mol. The number of hydrogen-bond acceptors (Lipinski definition) is 2. The van der Waals surface area contributed by atoms with Crippen LogP contribution in [-0.2, 0) is 5.54 Å². The van der Waals surface area contributed by atoms with Crippen molar-refractivity contribution in [1.82, 2.24) is 0 Å². The van der Waals surface area contributed by atoms with Crippen molar-refractivity contribution < 1.29 is 18.3 Å². The van der Waals surface area contributed by atoms with Crippen molar-refractivity contribution in [2.24, 2.45) is 11.7 Å². The second-order valence-corrected chi connectivity index (χ2v) is 5.76. The molecule has 3 N–H and O–H groups in total. The number of aliphatic hydroxyl groups is 1. The number of benzene rings is 1. The maximum atomic E-state index is 14.1. The van der Waals surface area contributed by atoms with Gasteiger partial charge in [-0.3, -0.25) is 0 Å². The van der Waals surface area contributed by atoms with Crippen LogP contribution in [0, 0.1) is 18.7 Å². The second kappa shape index (κ2) is 5.81. The highest BCUT2D eigenvalue weighted by atomic mass is 79.9. The zero-order valence-electron chi connectivity index (χ0n) is 10.9. The Balaban J connectivity index is 3.51. The van der Waals surface area contributed by atoms with Crippen LogP contribution < -0.4 is 5.73 Å². The first kappa shape index (κ1) is 16.5. The Hall–Kier alpha value is -0.590. The maximum Gasteiger partial charge on any atom is 0.260 e. The van der Waals surface area contributed by atoms with Gasteiger partial charge in [0.25, 0.3) is 6.43 Å². The number of alkyl halides is 2. The van der Waals surface area contributed by atoms with Crippen molar-refractivity contribution in [3.63, 3.8) is 0 Å². The maximum absolute atomic E-state index is 14.1. The highest BCUT2D eigenvalue weighted by Gasteiger charge is 2.46. The minimum Gasteiger partial charge on any atom is -0.393 e. The molecule has 1 unspecified atom stereocenters. The van der Waals surface area contributed by atoms with Crippen LogP contribution in [0.4, 0.5) is 13.2 Å². The molecule has 0 saturated heterocycles. The van der Waals surface area contributed by atoms with Gasteiger partial charge in [0.1, 0.15) is 11.4 Å². The normalized spacial score (nSPS) is 18.2. The summed E-state index contributed by atoms with van der Waals surface area (Å²) >= 11 is 3.15. The number of hydrogen-bond donors (Lipinski definition) is 2. The van der Waals surface area contributed by atoms with Crippen LogP contribution in [0.25, 0.3) is 0 Å². The largest absolute Gasteiger partial charge is 0.393 e. The lowest BCUT2D eigenvalue weighted by Crippen LogP contribution is -2.53. The highest BCUT2D eigenvalue weighted by Crippen LogP contribution is 2.38. The molecule has 0 radical (unpaired) electrons. The van der Waals surface area contributed by atoms with Gasteiger partial charge in [-0.15, -0.1) is 0 Å². The number of nitrogens with two attached hydrogens (primary N) is 1. The fourth-order valence-electron chi connectivity index (χ4n) is 2.00. The SMILES string of the molecule is Cc1cc(Br)cc([C@@](N)(C(F)F)[C@H](C)C(C)O)c1F. The Morgan fingerprint density at radius 3 is 2.26 bits per heavy atom. The van der Waals surface area contributed by atoms with Crippen LogP contribution in [0.3, 0.4) is 0 Å². The van der Waals surface area contributed by atoms with Crippen LogP contribution in [-0.4, -0.2) is 17.6 Å². The third kappa shape index (κ3) is 2.95.